The summed E-state index contributed by atoms with van der Waals surface area (Å²) in [7, 11) is 5.25. The molecular weight excluding hydrogens is 307 g/mol. The Kier molecular flexibility index (Phi) is 6.60. The van der Waals surface area contributed by atoms with Crippen molar-refractivity contribution in [1.82, 2.24) is 9.80 Å². The summed E-state index contributed by atoms with van der Waals surface area (Å²) in [5.74, 6) is 0.560. The van der Waals surface area contributed by atoms with Gasteiger partial charge in [-0.2, -0.15) is 0 Å². The van der Waals surface area contributed by atoms with Crippen LogP contribution >= 0.6 is 0 Å². The van der Waals surface area contributed by atoms with Crippen LogP contribution in [0.5, 0.6) is 5.75 Å². The van der Waals surface area contributed by atoms with Crippen molar-refractivity contribution in [3.63, 3.8) is 0 Å². The molecule has 134 valence electrons. The van der Waals surface area contributed by atoms with Gasteiger partial charge in [-0.25, -0.2) is 4.39 Å². The Morgan fingerprint density at radius 3 is 2.62 bits per heavy atom. The van der Waals surface area contributed by atoms with Gasteiger partial charge in [-0.3, -0.25) is 9.69 Å². The van der Waals surface area contributed by atoms with Crippen LogP contribution in [-0.4, -0.2) is 49.5 Å². The monoisotopic (exact) mass is 336 g/mol. The van der Waals surface area contributed by atoms with E-state index in [1.54, 1.807) is 6.07 Å². The maximum Gasteiger partial charge on any atom is 0.236 e. The first-order valence-corrected chi connectivity index (χ1v) is 8.69. The predicted octanol–water partition coefficient (Wildman–Crippen LogP) is 3.30. The standard InChI is InChI=1S/C19H29FN2O2/c1-14-7-5-6-8-17(14)22(3)19(23)13-21(2)12-15-9-10-18(24-4)16(20)11-15/h9-11,14,17H,5-8,12-13H2,1-4H3. The van der Waals surface area contributed by atoms with E-state index in [0.29, 0.717) is 25.0 Å². The van der Waals surface area contributed by atoms with Crippen molar-refractivity contribution < 1.29 is 13.9 Å². The van der Waals surface area contributed by atoms with Gasteiger partial charge in [0.2, 0.25) is 5.91 Å². The highest BCUT2D eigenvalue weighted by Crippen LogP contribution is 2.27. The Balaban J connectivity index is 1.90. The molecule has 1 aromatic carbocycles. The van der Waals surface area contributed by atoms with Crippen LogP contribution in [0.25, 0.3) is 0 Å². The molecular formula is C19H29FN2O2. The quantitative estimate of drug-likeness (QED) is 0.799. The third-order valence-corrected chi connectivity index (χ3v) is 5.03. The molecule has 4 nitrogen and oxygen atoms in total. The van der Waals surface area contributed by atoms with Crippen LogP contribution in [0.1, 0.15) is 38.2 Å². The van der Waals surface area contributed by atoms with Gasteiger partial charge in [-0.15, -0.1) is 0 Å². The molecule has 0 aromatic heterocycles. The SMILES string of the molecule is COc1ccc(CN(C)CC(=O)N(C)C2CCCCC2C)cc1F. The smallest absolute Gasteiger partial charge is 0.236 e. The van der Waals surface area contributed by atoms with E-state index in [1.807, 2.05) is 30.0 Å². The largest absolute Gasteiger partial charge is 0.494 e. The third kappa shape index (κ3) is 4.69. The van der Waals surface area contributed by atoms with Gasteiger partial charge in [0.1, 0.15) is 0 Å². The number of hydrogen-bond acceptors (Lipinski definition) is 3. The molecule has 1 aromatic rings. The van der Waals surface area contributed by atoms with Crippen LogP contribution in [0.3, 0.4) is 0 Å². The molecule has 5 heteroatoms. The summed E-state index contributed by atoms with van der Waals surface area (Å²) in [6.07, 6.45) is 4.76. The molecule has 0 spiro atoms. The van der Waals surface area contributed by atoms with Crippen LogP contribution in [0, 0.1) is 11.7 Å². The molecule has 1 amide bonds. The molecule has 1 saturated carbocycles. The normalized spacial score (nSPS) is 20.9. The van der Waals surface area contributed by atoms with Crippen molar-refractivity contribution >= 4 is 5.91 Å². The molecule has 1 aliphatic rings. The highest BCUT2D eigenvalue weighted by Gasteiger charge is 2.28. The van der Waals surface area contributed by atoms with Crippen molar-refractivity contribution in [2.24, 2.45) is 5.92 Å². The molecule has 0 N–H and O–H groups in total. The lowest BCUT2D eigenvalue weighted by Crippen LogP contribution is -2.46. The summed E-state index contributed by atoms with van der Waals surface area (Å²) in [5, 5.41) is 0. The first-order valence-electron chi connectivity index (χ1n) is 8.69. The number of ether oxygens (including phenoxy) is 1. The molecule has 24 heavy (non-hydrogen) atoms. The molecule has 0 bridgehead atoms. The lowest BCUT2D eigenvalue weighted by molar-refractivity contribution is -0.134. The van der Waals surface area contributed by atoms with E-state index in [-0.39, 0.29) is 17.5 Å². The second kappa shape index (κ2) is 8.47. The van der Waals surface area contributed by atoms with E-state index in [1.165, 1.54) is 32.4 Å². The minimum atomic E-state index is -0.372. The predicted molar refractivity (Wildman–Crippen MR) is 93.5 cm³/mol. The zero-order valence-corrected chi connectivity index (χ0v) is 15.2. The summed E-state index contributed by atoms with van der Waals surface area (Å²) in [6.45, 7) is 3.10. The van der Waals surface area contributed by atoms with Crippen LogP contribution in [0.15, 0.2) is 18.2 Å². The first kappa shape index (κ1) is 18.7. The summed E-state index contributed by atoms with van der Waals surface area (Å²) < 4.78 is 18.7. The number of carbonyl (C=O) groups excluding carboxylic acids is 1. The summed E-state index contributed by atoms with van der Waals surface area (Å²) in [4.78, 5) is 16.4. The van der Waals surface area contributed by atoms with Gasteiger partial charge in [0.25, 0.3) is 0 Å². The Morgan fingerprint density at radius 2 is 2.00 bits per heavy atom. The first-order chi connectivity index (χ1) is 11.4. The number of likely N-dealkylation sites (N-methyl/N-ethyl adjacent to an activating group) is 2. The van der Waals surface area contributed by atoms with Gasteiger partial charge in [-0.05, 0) is 43.5 Å². The minimum absolute atomic E-state index is 0.130. The van der Waals surface area contributed by atoms with Crippen molar-refractivity contribution in [2.45, 2.75) is 45.2 Å². The van der Waals surface area contributed by atoms with Gasteiger partial charge in [0.05, 0.1) is 13.7 Å². The van der Waals surface area contributed by atoms with Gasteiger partial charge in [0, 0.05) is 19.6 Å². The van der Waals surface area contributed by atoms with Crippen molar-refractivity contribution in [1.29, 1.82) is 0 Å². The molecule has 0 saturated heterocycles. The Morgan fingerprint density at radius 1 is 1.29 bits per heavy atom. The lowest BCUT2D eigenvalue weighted by atomic mass is 9.85. The zero-order valence-electron chi connectivity index (χ0n) is 15.2. The van der Waals surface area contributed by atoms with Gasteiger partial charge in [0.15, 0.2) is 11.6 Å². The fraction of sp³-hybridized carbons (Fsp3) is 0.632. The molecule has 0 aliphatic heterocycles. The number of halogens is 1. The maximum absolute atomic E-state index is 13.8. The van der Waals surface area contributed by atoms with Crippen molar-refractivity contribution in [3.05, 3.63) is 29.6 Å². The van der Waals surface area contributed by atoms with E-state index < -0.39 is 0 Å². The van der Waals surface area contributed by atoms with Crippen LogP contribution in [-0.2, 0) is 11.3 Å². The summed E-state index contributed by atoms with van der Waals surface area (Å²) in [5.41, 5.74) is 0.831. The lowest BCUT2D eigenvalue weighted by Gasteiger charge is -2.37. The molecule has 1 fully saturated rings. The second-order valence-corrected chi connectivity index (χ2v) is 6.97. The number of nitrogens with zero attached hydrogens (tertiary/aromatic N) is 2. The fourth-order valence-electron chi connectivity index (χ4n) is 3.58. The van der Waals surface area contributed by atoms with Crippen molar-refractivity contribution in [3.8, 4) is 5.75 Å². The van der Waals surface area contributed by atoms with E-state index in [4.69, 9.17) is 4.74 Å². The van der Waals surface area contributed by atoms with E-state index in [0.717, 1.165) is 12.0 Å². The Labute approximate surface area is 144 Å². The van der Waals surface area contributed by atoms with E-state index in [9.17, 15) is 9.18 Å². The van der Waals surface area contributed by atoms with Crippen LogP contribution < -0.4 is 4.74 Å². The number of carbonyl (C=O) groups is 1. The third-order valence-electron chi connectivity index (χ3n) is 5.03. The van der Waals surface area contributed by atoms with E-state index in [2.05, 4.69) is 6.92 Å². The van der Waals surface area contributed by atoms with Gasteiger partial charge < -0.3 is 9.64 Å². The zero-order chi connectivity index (χ0) is 17.7. The molecule has 1 aliphatic carbocycles. The highest BCUT2D eigenvalue weighted by atomic mass is 19.1. The Bertz CT molecular complexity index is 564. The highest BCUT2D eigenvalue weighted by molar-refractivity contribution is 5.78. The number of benzene rings is 1. The average molecular weight is 336 g/mol. The molecule has 0 radical (unpaired) electrons. The van der Waals surface area contributed by atoms with Gasteiger partial charge in [-0.1, -0.05) is 25.8 Å². The molecule has 0 heterocycles. The van der Waals surface area contributed by atoms with Gasteiger partial charge >= 0.3 is 0 Å². The number of amides is 1. The second-order valence-electron chi connectivity index (χ2n) is 6.97. The van der Waals surface area contributed by atoms with Crippen LogP contribution in [0.2, 0.25) is 0 Å². The summed E-state index contributed by atoms with van der Waals surface area (Å²) >= 11 is 0. The Hall–Kier alpha value is -1.62. The molecule has 2 atom stereocenters. The van der Waals surface area contributed by atoms with Crippen LogP contribution in [0.4, 0.5) is 4.39 Å². The average Bonchev–Trinajstić information content (AvgIpc) is 2.54. The van der Waals surface area contributed by atoms with E-state index >= 15 is 0 Å². The number of rotatable bonds is 6. The topological polar surface area (TPSA) is 32.8 Å². The summed E-state index contributed by atoms with van der Waals surface area (Å²) in [6, 6.07) is 5.26. The number of hydrogen-bond donors (Lipinski definition) is 0. The number of methoxy groups -OCH3 is 1. The van der Waals surface area contributed by atoms with Crippen molar-refractivity contribution in [2.75, 3.05) is 27.7 Å². The maximum atomic E-state index is 13.8. The fourth-order valence-corrected chi connectivity index (χ4v) is 3.58. The minimum Gasteiger partial charge on any atom is -0.494 e. The molecule has 2 unspecified atom stereocenters. The molecule has 2 rings (SSSR count).